The summed E-state index contributed by atoms with van der Waals surface area (Å²) in [4.78, 5) is 8.62. The van der Waals surface area contributed by atoms with E-state index in [9.17, 15) is 8.78 Å². The van der Waals surface area contributed by atoms with Crippen molar-refractivity contribution in [3.63, 3.8) is 0 Å². The highest BCUT2D eigenvalue weighted by atomic mass is 127. The first-order valence-electron chi connectivity index (χ1n) is 8.16. The third kappa shape index (κ3) is 7.53. The maximum atomic E-state index is 12.5. The standard InChI is InChI=1S/C18H22F2N4O2.HI/c1-3-21-18(24-12-14-8-6-10-22-16(14)25-2)23-11-13-7-4-5-9-15(13)26-17(19)20;/h4-10,17H,3,11-12H2,1-2H3,(H2,21,23,24);1H. The highest BCUT2D eigenvalue weighted by Gasteiger charge is 2.10. The van der Waals surface area contributed by atoms with Gasteiger partial charge in [0.2, 0.25) is 5.88 Å². The Morgan fingerprint density at radius 2 is 1.89 bits per heavy atom. The van der Waals surface area contributed by atoms with E-state index in [0.717, 1.165) is 5.56 Å². The summed E-state index contributed by atoms with van der Waals surface area (Å²) < 4.78 is 34.8. The van der Waals surface area contributed by atoms with E-state index in [4.69, 9.17) is 4.74 Å². The number of pyridine rings is 1. The van der Waals surface area contributed by atoms with Gasteiger partial charge in [-0.05, 0) is 19.1 Å². The number of hydrogen-bond donors (Lipinski definition) is 2. The van der Waals surface area contributed by atoms with Gasteiger partial charge in [0.25, 0.3) is 0 Å². The molecule has 2 N–H and O–H groups in total. The predicted molar refractivity (Wildman–Crippen MR) is 111 cm³/mol. The predicted octanol–water partition coefficient (Wildman–Crippen LogP) is 3.56. The average molecular weight is 492 g/mol. The lowest BCUT2D eigenvalue weighted by molar-refractivity contribution is -0.0504. The number of hydrogen-bond acceptors (Lipinski definition) is 4. The molecule has 148 valence electrons. The van der Waals surface area contributed by atoms with E-state index >= 15 is 0 Å². The molecule has 9 heteroatoms. The lowest BCUT2D eigenvalue weighted by atomic mass is 10.2. The summed E-state index contributed by atoms with van der Waals surface area (Å²) >= 11 is 0. The van der Waals surface area contributed by atoms with E-state index in [2.05, 4.69) is 25.3 Å². The molecule has 6 nitrogen and oxygen atoms in total. The molecule has 0 atom stereocenters. The fourth-order valence-electron chi connectivity index (χ4n) is 2.27. The molecule has 1 aromatic carbocycles. The van der Waals surface area contributed by atoms with E-state index in [1.54, 1.807) is 31.5 Å². The van der Waals surface area contributed by atoms with Crippen molar-refractivity contribution in [3.8, 4) is 11.6 Å². The smallest absolute Gasteiger partial charge is 0.387 e. The number of guanidine groups is 1. The number of ether oxygens (including phenoxy) is 2. The van der Waals surface area contributed by atoms with E-state index < -0.39 is 6.61 Å². The van der Waals surface area contributed by atoms with Crippen LogP contribution in [0.4, 0.5) is 8.78 Å². The Labute approximate surface area is 174 Å². The summed E-state index contributed by atoms with van der Waals surface area (Å²) in [6.45, 7) is 0.387. The van der Waals surface area contributed by atoms with Gasteiger partial charge < -0.3 is 20.1 Å². The second-order valence-electron chi connectivity index (χ2n) is 5.21. The second-order valence-corrected chi connectivity index (χ2v) is 5.21. The van der Waals surface area contributed by atoms with Crippen molar-refractivity contribution in [1.29, 1.82) is 0 Å². The molecule has 0 saturated carbocycles. The summed E-state index contributed by atoms with van der Waals surface area (Å²) in [5, 5.41) is 6.22. The molecule has 0 radical (unpaired) electrons. The number of nitrogens with zero attached hydrogens (tertiary/aromatic N) is 2. The van der Waals surface area contributed by atoms with Gasteiger partial charge in [-0.25, -0.2) is 9.98 Å². The first kappa shape index (κ1) is 22.9. The fraction of sp³-hybridized carbons (Fsp3) is 0.333. The van der Waals surface area contributed by atoms with Crippen LogP contribution in [0.25, 0.3) is 0 Å². The van der Waals surface area contributed by atoms with Gasteiger partial charge in [0.1, 0.15) is 5.75 Å². The molecule has 0 saturated heterocycles. The molecule has 0 bridgehead atoms. The van der Waals surface area contributed by atoms with Crippen molar-refractivity contribution >= 4 is 29.9 Å². The van der Waals surface area contributed by atoms with Crippen LogP contribution in [0.3, 0.4) is 0 Å². The van der Waals surface area contributed by atoms with Crippen molar-refractivity contribution < 1.29 is 18.3 Å². The van der Waals surface area contributed by atoms with Gasteiger partial charge >= 0.3 is 6.61 Å². The molecule has 0 aliphatic rings. The van der Waals surface area contributed by atoms with Gasteiger partial charge in [-0.2, -0.15) is 8.78 Å². The van der Waals surface area contributed by atoms with Crippen LogP contribution < -0.4 is 20.1 Å². The summed E-state index contributed by atoms with van der Waals surface area (Å²) in [6.07, 6.45) is 1.65. The Kier molecular flexibility index (Phi) is 10.4. The highest BCUT2D eigenvalue weighted by Crippen LogP contribution is 2.20. The third-order valence-electron chi connectivity index (χ3n) is 3.43. The van der Waals surface area contributed by atoms with E-state index in [0.29, 0.717) is 37.0 Å². The number of para-hydroxylation sites is 1. The molecule has 2 rings (SSSR count). The Balaban J connectivity index is 0.00000364. The minimum Gasteiger partial charge on any atom is -0.481 e. The Bertz CT molecular complexity index is 732. The summed E-state index contributed by atoms with van der Waals surface area (Å²) in [7, 11) is 1.55. The number of alkyl halides is 2. The van der Waals surface area contributed by atoms with E-state index in [-0.39, 0.29) is 29.7 Å². The molecule has 0 unspecified atom stereocenters. The van der Waals surface area contributed by atoms with Gasteiger partial charge in [-0.15, -0.1) is 24.0 Å². The maximum absolute atomic E-state index is 12.5. The Morgan fingerprint density at radius 3 is 2.59 bits per heavy atom. The molecule has 0 amide bonds. The van der Waals surface area contributed by atoms with Gasteiger partial charge in [-0.3, -0.25) is 0 Å². The fourth-order valence-corrected chi connectivity index (χ4v) is 2.27. The van der Waals surface area contributed by atoms with Gasteiger partial charge in [-0.1, -0.05) is 24.3 Å². The van der Waals surface area contributed by atoms with Crippen LogP contribution in [0, 0.1) is 0 Å². The third-order valence-corrected chi connectivity index (χ3v) is 3.43. The summed E-state index contributed by atoms with van der Waals surface area (Å²) in [5.41, 5.74) is 1.45. The number of nitrogens with one attached hydrogen (secondary N) is 2. The van der Waals surface area contributed by atoms with Gasteiger partial charge in [0, 0.05) is 30.4 Å². The van der Waals surface area contributed by atoms with Crippen molar-refractivity contribution in [3.05, 3.63) is 53.7 Å². The normalized spacial score (nSPS) is 10.9. The van der Waals surface area contributed by atoms with E-state index in [1.165, 1.54) is 6.07 Å². The maximum Gasteiger partial charge on any atom is 0.387 e. The highest BCUT2D eigenvalue weighted by molar-refractivity contribution is 14.0. The zero-order chi connectivity index (χ0) is 18.8. The lowest BCUT2D eigenvalue weighted by Gasteiger charge is -2.14. The number of rotatable bonds is 8. The van der Waals surface area contributed by atoms with Crippen molar-refractivity contribution in [2.75, 3.05) is 13.7 Å². The van der Waals surface area contributed by atoms with Crippen LogP contribution in [-0.4, -0.2) is 31.2 Å². The van der Waals surface area contributed by atoms with Crippen LogP contribution in [-0.2, 0) is 13.1 Å². The minimum absolute atomic E-state index is 0. The Hall–Kier alpha value is -2.17. The number of methoxy groups -OCH3 is 1. The van der Waals surface area contributed by atoms with Crippen molar-refractivity contribution in [2.24, 2.45) is 4.99 Å². The van der Waals surface area contributed by atoms with Gasteiger partial charge in [0.15, 0.2) is 5.96 Å². The zero-order valence-electron chi connectivity index (χ0n) is 15.1. The molecule has 2 aromatic rings. The molecule has 0 aliphatic heterocycles. The van der Waals surface area contributed by atoms with Crippen molar-refractivity contribution in [1.82, 2.24) is 15.6 Å². The van der Waals surface area contributed by atoms with E-state index in [1.807, 2.05) is 19.1 Å². The topological polar surface area (TPSA) is 67.8 Å². The van der Waals surface area contributed by atoms with Crippen LogP contribution in [0.15, 0.2) is 47.6 Å². The first-order chi connectivity index (χ1) is 12.6. The summed E-state index contributed by atoms with van der Waals surface area (Å²) in [6, 6.07) is 10.3. The van der Waals surface area contributed by atoms with Crippen LogP contribution in [0.2, 0.25) is 0 Å². The number of aromatic nitrogens is 1. The average Bonchev–Trinajstić information content (AvgIpc) is 2.65. The monoisotopic (exact) mass is 492 g/mol. The first-order valence-corrected chi connectivity index (χ1v) is 8.16. The Morgan fingerprint density at radius 1 is 1.15 bits per heavy atom. The second kappa shape index (κ2) is 12.3. The SMILES string of the molecule is CCNC(=NCc1cccnc1OC)NCc1ccccc1OC(F)F.I. The molecule has 0 fully saturated rings. The number of halogens is 3. The molecule has 0 spiro atoms. The van der Waals surface area contributed by atoms with Crippen LogP contribution in [0.1, 0.15) is 18.1 Å². The van der Waals surface area contributed by atoms with Gasteiger partial charge in [0.05, 0.1) is 13.7 Å². The molecule has 0 aliphatic carbocycles. The zero-order valence-corrected chi connectivity index (χ0v) is 17.4. The molecular formula is C18H23F2IN4O2. The molecule has 1 heterocycles. The van der Waals surface area contributed by atoms with Crippen LogP contribution in [0.5, 0.6) is 11.6 Å². The van der Waals surface area contributed by atoms with Crippen molar-refractivity contribution in [2.45, 2.75) is 26.6 Å². The largest absolute Gasteiger partial charge is 0.481 e. The minimum atomic E-state index is -2.86. The molecular weight excluding hydrogens is 469 g/mol. The lowest BCUT2D eigenvalue weighted by Crippen LogP contribution is -2.36. The number of benzene rings is 1. The quantitative estimate of drug-likeness (QED) is 0.335. The molecule has 27 heavy (non-hydrogen) atoms. The molecule has 1 aromatic heterocycles. The number of aliphatic imine (C=N–C) groups is 1. The van der Waals surface area contributed by atoms with Crippen LogP contribution >= 0.6 is 24.0 Å². The summed E-state index contributed by atoms with van der Waals surface area (Å²) in [5.74, 6) is 1.20.